The van der Waals surface area contributed by atoms with Crippen molar-refractivity contribution in [2.24, 2.45) is 5.73 Å². The molecule has 0 radical (unpaired) electrons. The predicted molar refractivity (Wildman–Crippen MR) is 105 cm³/mol. The highest BCUT2D eigenvalue weighted by Gasteiger charge is 2.28. The van der Waals surface area contributed by atoms with E-state index in [1.54, 1.807) is 12.1 Å². The van der Waals surface area contributed by atoms with Gasteiger partial charge < -0.3 is 15.0 Å². The second-order valence-electron chi connectivity index (χ2n) is 6.84. The molecule has 0 bridgehead atoms. The van der Waals surface area contributed by atoms with Crippen LogP contribution in [0.5, 0.6) is 5.75 Å². The topological polar surface area (TPSA) is 81.0 Å². The van der Waals surface area contributed by atoms with Crippen LogP contribution in [0.15, 0.2) is 42.5 Å². The van der Waals surface area contributed by atoms with E-state index in [2.05, 4.69) is 10.6 Å². The van der Waals surface area contributed by atoms with Crippen LogP contribution in [0.2, 0.25) is 0 Å². The molecule has 0 atom stereocenters. The first-order valence-electron chi connectivity index (χ1n) is 9.25. The molecule has 1 amide bonds. The number of amides is 1. The summed E-state index contributed by atoms with van der Waals surface area (Å²) in [7, 11) is 0. The van der Waals surface area contributed by atoms with Crippen LogP contribution in [0.25, 0.3) is 22.2 Å². The van der Waals surface area contributed by atoms with Crippen LogP contribution in [-0.4, -0.2) is 17.1 Å². The third-order valence-electron chi connectivity index (χ3n) is 5.28. The molecule has 0 unspecified atom stereocenters. The van der Waals surface area contributed by atoms with E-state index in [-0.39, 0.29) is 0 Å². The molecule has 0 saturated heterocycles. The van der Waals surface area contributed by atoms with Crippen LogP contribution in [-0.2, 0) is 0 Å². The van der Waals surface area contributed by atoms with E-state index in [1.807, 2.05) is 37.3 Å². The van der Waals surface area contributed by atoms with Gasteiger partial charge in [-0.25, -0.2) is 0 Å². The maximum absolute atomic E-state index is 11.4. The zero-order valence-electron chi connectivity index (χ0n) is 15.2. The number of nitriles is 1. The molecule has 1 heterocycles. The molecule has 1 aromatic heterocycles. The molecule has 4 rings (SSSR count). The Kier molecular flexibility index (Phi) is 4.33. The number of carbonyl (C=O) groups excluding carboxylic acids is 1. The Bertz CT molecular complexity index is 1050. The first-order chi connectivity index (χ1) is 13.1. The maximum atomic E-state index is 11.4. The van der Waals surface area contributed by atoms with Gasteiger partial charge in [0.1, 0.15) is 11.8 Å². The summed E-state index contributed by atoms with van der Waals surface area (Å²) >= 11 is 0. The number of hydrogen-bond donors (Lipinski definition) is 1. The van der Waals surface area contributed by atoms with Gasteiger partial charge in [0, 0.05) is 23.1 Å². The standard InChI is InChI=1S/C22H21N3O2/c1-2-27-17-10-11-18-19(13-23)21(14-6-8-15(9-7-14)22(24)26)25(20(18)12-17)16-4-3-5-16/h6-12,16H,2-5H2,1H3,(H2,24,26). The van der Waals surface area contributed by atoms with Crippen molar-refractivity contribution in [2.75, 3.05) is 6.61 Å². The summed E-state index contributed by atoms with van der Waals surface area (Å²) in [4.78, 5) is 11.4. The van der Waals surface area contributed by atoms with Crippen molar-refractivity contribution in [1.29, 1.82) is 5.26 Å². The molecule has 27 heavy (non-hydrogen) atoms. The first-order valence-corrected chi connectivity index (χ1v) is 9.25. The van der Waals surface area contributed by atoms with Crippen LogP contribution in [0.4, 0.5) is 0 Å². The summed E-state index contributed by atoms with van der Waals surface area (Å²) in [5.74, 6) is 0.353. The quantitative estimate of drug-likeness (QED) is 0.733. The van der Waals surface area contributed by atoms with Crippen LogP contribution in [0.1, 0.15) is 48.1 Å². The second-order valence-corrected chi connectivity index (χ2v) is 6.84. The number of nitrogens with zero attached hydrogens (tertiary/aromatic N) is 2. The van der Waals surface area contributed by atoms with Crippen molar-refractivity contribution < 1.29 is 9.53 Å². The fourth-order valence-electron chi connectivity index (χ4n) is 3.76. The van der Waals surface area contributed by atoms with E-state index >= 15 is 0 Å². The molecule has 0 spiro atoms. The number of hydrogen-bond acceptors (Lipinski definition) is 3. The average molecular weight is 359 g/mol. The van der Waals surface area contributed by atoms with E-state index < -0.39 is 5.91 Å². The van der Waals surface area contributed by atoms with Crippen molar-refractivity contribution in [3.8, 4) is 23.1 Å². The van der Waals surface area contributed by atoms with Gasteiger partial charge in [-0.3, -0.25) is 4.79 Å². The van der Waals surface area contributed by atoms with Gasteiger partial charge in [-0.05, 0) is 56.0 Å². The SMILES string of the molecule is CCOc1ccc2c(C#N)c(-c3ccc(C(N)=O)cc3)n(C3CCC3)c2c1. The minimum Gasteiger partial charge on any atom is -0.494 e. The normalized spacial score (nSPS) is 13.9. The summed E-state index contributed by atoms with van der Waals surface area (Å²) in [6.45, 7) is 2.56. The Hall–Kier alpha value is -3.26. The third-order valence-corrected chi connectivity index (χ3v) is 5.28. The van der Waals surface area contributed by atoms with Gasteiger partial charge in [-0.2, -0.15) is 5.26 Å². The summed E-state index contributed by atoms with van der Waals surface area (Å²) < 4.78 is 7.96. The van der Waals surface area contributed by atoms with Gasteiger partial charge >= 0.3 is 0 Å². The lowest BCUT2D eigenvalue weighted by Crippen LogP contribution is -2.18. The van der Waals surface area contributed by atoms with E-state index in [0.717, 1.165) is 40.8 Å². The monoisotopic (exact) mass is 359 g/mol. The summed E-state index contributed by atoms with van der Waals surface area (Å²) in [6.07, 6.45) is 3.39. The largest absolute Gasteiger partial charge is 0.494 e. The number of aromatic nitrogens is 1. The number of carbonyl (C=O) groups is 1. The molecule has 0 aliphatic heterocycles. The van der Waals surface area contributed by atoms with Crippen LogP contribution < -0.4 is 10.5 Å². The molecule has 1 saturated carbocycles. The van der Waals surface area contributed by atoms with Crippen molar-refractivity contribution in [2.45, 2.75) is 32.2 Å². The molecule has 136 valence electrons. The summed E-state index contributed by atoms with van der Waals surface area (Å²) in [5, 5.41) is 10.8. The van der Waals surface area contributed by atoms with E-state index in [4.69, 9.17) is 10.5 Å². The summed E-state index contributed by atoms with van der Waals surface area (Å²) in [5.41, 5.74) is 9.33. The number of benzene rings is 2. The van der Waals surface area contributed by atoms with Crippen molar-refractivity contribution in [1.82, 2.24) is 4.57 Å². The lowest BCUT2D eigenvalue weighted by molar-refractivity contribution is 0.100. The molecule has 5 heteroatoms. The molecule has 5 nitrogen and oxygen atoms in total. The minimum atomic E-state index is -0.456. The predicted octanol–water partition coefficient (Wildman–Crippen LogP) is 4.40. The first kappa shape index (κ1) is 17.2. The third kappa shape index (κ3) is 2.83. The number of fused-ring (bicyclic) bond motifs is 1. The molecule has 2 N–H and O–H groups in total. The lowest BCUT2D eigenvalue weighted by Gasteiger charge is -2.30. The van der Waals surface area contributed by atoms with E-state index in [9.17, 15) is 10.1 Å². The Morgan fingerprint density at radius 2 is 2.00 bits per heavy atom. The van der Waals surface area contributed by atoms with Crippen LogP contribution in [0.3, 0.4) is 0 Å². The molecule has 3 aromatic rings. The van der Waals surface area contributed by atoms with Gasteiger partial charge in [-0.15, -0.1) is 0 Å². The Morgan fingerprint density at radius 1 is 1.26 bits per heavy atom. The Labute approximate surface area is 158 Å². The van der Waals surface area contributed by atoms with E-state index in [0.29, 0.717) is 23.8 Å². The molecular weight excluding hydrogens is 338 g/mol. The fraction of sp³-hybridized carbons (Fsp3) is 0.273. The van der Waals surface area contributed by atoms with Gasteiger partial charge in [0.15, 0.2) is 0 Å². The van der Waals surface area contributed by atoms with Crippen LogP contribution >= 0.6 is 0 Å². The van der Waals surface area contributed by atoms with Crippen molar-refractivity contribution in [3.63, 3.8) is 0 Å². The van der Waals surface area contributed by atoms with Gasteiger partial charge in [-0.1, -0.05) is 12.1 Å². The van der Waals surface area contributed by atoms with E-state index in [1.165, 1.54) is 6.42 Å². The number of ether oxygens (including phenoxy) is 1. The highest BCUT2D eigenvalue weighted by Crippen LogP contribution is 2.43. The minimum absolute atomic E-state index is 0.372. The fourth-order valence-corrected chi connectivity index (χ4v) is 3.76. The zero-order chi connectivity index (χ0) is 19.0. The number of primary amides is 1. The average Bonchev–Trinajstić information content (AvgIpc) is 2.94. The van der Waals surface area contributed by atoms with Gasteiger partial charge in [0.25, 0.3) is 0 Å². The number of rotatable bonds is 5. The van der Waals surface area contributed by atoms with Gasteiger partial charge in [0.05, 0.1) is 23.4 Å². The Balaban J connectivity index is 1.97. The second kappa shape index (κ2) is 6.81. The van der Waals surface area contributed by atoms with Crippen molar-refractivity contribution in [3.05, 3.63) is 53.6 Å². The smallest absolute Gasteiger partial charge is 0.248 e. The van der Waals surface area contributed by atoms with Crippen molar-refractivity contribution >= 4 is 16.8 Å². The molecular formula is C22H21N3O2. The summed E-state index contributed by atoms with van der Waals surface area (Å²) in [6, 6.07) is 15.8. The highest BCUT2D eigenvalue weighted by atomic mass is 16.5. The molecule has 1 aliphatic carbocycles. The van der Waals surface area contributed by atoms with Crippen LogP contribution in [0, 0.1) is 11.3 Å². The number of nitrogens with two attached hydrogens (primary N) is 1. The van der Waals surface area contributed by atoms with Gasteiger partial charge in [0.2, 0.25) is 5.91 Å². The zero-order valence-corrected chi connectivity index (χ0v) is 15.2. The lowest BCUT2D eigenvalue weighted by atomic mass is 9.92. The Morgan fingerprint density at radius 3 is 2.56 bits per heavy atom. The maximum Gasteiger partial charge on any atom is 0.248 e. The molecule has 2 aromatic carbocycles. The molecule has 1 aliphatic rings. The highest BCUT2D eigenvalue weighted by molar-refractivity contribution is 5.97. The molecule has 1 fully saturated rings.